The highest BCUT2D eigenvalue weighted by Crippen LogP contribution is 2.60. The summed E-state index contributed by atoms with van der Waals surface area (Å²) < 4.78 is 165. The first-order valence-electron chi connectivity index (χ1n) is 8.11. The van der Waals surface area contributed by atoms with Gasteiger partial charge in [-0.2, -0.15) is 52.7 Å². The number of aromatic hydroxyl groups is 2. The van der Waals surface area contributed by atoms with Crippen molar-refractivity contribution in [1.82, 2.24) is 0 Å². The molecule has 0 radical (unpaired) electrons. The first-order chi connectivity index (χ1) is 14.6. The van der Waals surface area contributed by atoms with Crippen LogP contribution in [0.1, 0.15) is 22.3 Å². The van der Waals surface area contributed by atoms with E-state index in [1.165, 1.54) is 0 Å². The summed E-state index contributed by atoms with van der Waals surface area (Å²) in [5.41, 5.74) is -9.85. The number of nitrogen functional groups attached to an aromatic ring is 2. The smallest absolute Gasteiger partial charge is 0.418 e. The molecule has 2 rings (SSSR count). The van der Waals surface area contributed by atoms with Crippen molar-refractivity contribution < 1.29 is 62.9 Å². The Morgan fingerprint density at radius 2 is 1.06 bits per heavy atom. The number of nitrogens with two attached hydrogens (primary N) is 2. The van der Waals surface area contributed by atoms with E-state index in [4.69, 9.17) is 11.5 Å². The zero-order chi connectivity index (χ0) is 25.9. The van der Waals surface area contributed by atoms with Gasteiger partial charge < -0.3 is 21.7 Å². The number of phenols is 2. The van der Waals surface area contributed by atoms with Gasteiger partial charge in [-0.1, -0.05) is 6.07 Å². The van der Waals surface area contributed by atoms with Gasteiger partial charge >= 0.3 is 24.7 Å². The van der Waals surface area contributed by atoms with E-state index in [-0.39, 0.29) is 6.07 Å². The molecule has 0 amide bonds. The van der Waals surface area contributed by atoms with Crippen molar-refractivity contribution in [1.29, 1.82) is 0 Å². The van der Waals surface area contributed by atoms with Gasteiger partial charge in [-0.3, -0.25) is 0 Å². The zero-order valence-corrected chi connectivity index (χ0v) is 15.4. The molecule has 0 saturated carbocycles. The first kappa shape index (κ1) is 26.1. The highest BCUT2D eigenvalue weighted by molar-refractivity contribution is 5.68. The molecule has 2 aromatic carbocycles. The van der Waals surface area contributed by atoms with E-state index in [0.29, 0.717) is 0 Å². The molecule has 0 fully saturated rings. The SMILES string of the molecule is Nc1c(O)cc(C(c2ccc(O)c(N)c2C(F)(F)F)(C(F)(F)F)C(F)(F)F)cc1C(F)(F)F. The number of rotatable bonds is 2. The molecule has 184 valence electrons. The van der Waals surface area contributed by atoms with Crippen LogP contribution < -0.4 is 11.5 Å². The highest BCUT2D eigenvalue weighted by atomic mass is 19.4. The largest absolute Gasteiger partial charge is 0.506 e. The van der Waals surface area contributed by atoms with Gasteiger partial charge in [0.1, 0.15) is 11.5 Å². The molecule has 6 N–H and O–H groups in total. The topological polar surface area (TPSA) is 92.5 Å². The monoisotopic (exact) mass is 502 g/mol. The fraction of sp³-hybridized carbons (Fsp3) is 0.294. The van der Waals surface area contributed by atoms with Gasteiger partial charge in [0.15, 0.2) is 0 Å². The van der Waals surface area contributed by atoms with Crippen molar-refractivity contribution in [3.05, 3.63) is 46.5 Å². The molecule has 0 aliphatic heterocycles. The van der Waals surface area contributed by atoms with Crippen molar-refractivity contribution in [3.8, 4) is 11.5 Å². The average Bonchev–Trinajstić information content (AvgIpc) is 2.56. The quantitative estimate of drug-likeness (QED) is 0.241. The van der Waals surface area contributed by atoms with Gasteiger partial charge in [-0.15, -0.1) is 0 Å². The lowest BCUT2D eigenvalue weighted by molar-refractivity contribution is -0.289. The van der Waals surface area contributed by atoms with Crippen molar-refractivity contribution in [2.75, 3.05) is 11.5 Å². The molecule has 0 heterocycles. The van der Waals surface area contributed by atoms with Crippen LogP contribution in [0.5, 0.6) is 11.5 Å². The Bertz CT molecular complexity index is 1050. The molecule has 4 nitrogen and oxygen atoms in total. The maximum atomic E-state index is 14.1. The van der Waals surface area contributed by atoms with Crippen molar-refractivity contribution in [3.63, 3.8) is 0 Å². The zero-order valence-electron chi connectivity index (χ0n) is 15.4. The molecule has 0 aliphatic carbocycles. The van der Waals surface area contributed by atoms with Crippen LogP contribution in [0.15, 0.2) is 24.3 Å². The van der Waals surface area contributed by atoms with Gasteiger partial charge in [-0.25, -0.2) is 0 Å². The molecule has 0 saturated heterocycles. The lowest BCUT2D eigenvalue weighted by Crippen LogP contribution is -2.55. The summed E-state index contributed by atoms with van der Waals surface area (Å²) in [6, 6.07) is -1.68. The van der Waals surface area contributed by atoms with Crippen molar-refractivity contribution >= 4 is 11.4 Å². The molecule has 0 unspecified atom stereocenters. The summed E-state index contributed by atoms with van der Waals surface area (Å²) in [6.45, 7) is 0. The number of benzene rings is 2. The Labute approximate surface area is 175 Å². The lowest BCUT2D eigenvalue weighted by atomic mass is 9.70. The van der Waals surface area contributed by atoms with E-state index in [1.54, 1.807) is 0 Å². The third-order valence-corrected chi connectivity index (χ3v) is 4.66. The standard InChI is InChI=1S/C17H10F12N2O2/c18-14(19,20)7-3-5(4-9(33)11(7)30)13(16(24,25)26,17(27,28)29)6-1-2-8(32)12(31)10(6)15(21,22)23/h1-4,32-33H,30-31H2. The molecule has 0 spiro atoms. The van der Waals surface area contributed by atoms with Crippen LogP contribution >= 0.6 is 0 Å². The summed E-state index contributed by atoms with van der Waals surface area (Å²) in [4.78, 5) is 0. The highest BCUT2D eigenvalue weighted by Gasteiger charge is 2.74. The molecule has 33 heavy (non-hydrogen) atoms. The predicted molar refractivity (Wildman–Crippen MR) is 87.9 cm³/mol. The second kappa shape index (κ2) is 7.41. The number of alkyl halides is 12. The number of hydrogen-bond donors (Lipinski definition) is 4. The van der Waals surface area contributed by atoms with Crippen LogP contribution in [-0.2, 0) is 17.8 Å². The van der Waals surface area contributed by atoms with E-state index in [0.717, 1.165) is 0 Å². The molecular weight excluding hydrogens is 492 g/mol. The molecule has 16 heteroatoms. The minimum Gasteiger partial charge on any atom is -0.506 e. The molecule has 0 atom stereocenters. The molecule has 2 aromatic rings. The van der Waals surface area contributed by atoms with Crippen molar-refractivity contribution in [2.24, 2.45) is 0 Å². The van der Waals surface area contributed by atoms with Gasteiger partial charge in [0.25, 0.3) is 0 Å². The number of hydrogen-bond acceptors (Lipinski definition) is 4. The van der Waals surface area contributed by atoms with E-state index < -0.39 is 93.4 Å². The Morgan fingerprint density at radius 3 is 1.45 bits per heavy atom. The Morgan fingerprint density at radius 1 is 0.576 bits per heavy atom. The normalized spacial score (nSPS) is 13.9. The average molecular weight is 502 g/mol. The maximum Gasteiger partial charge on any atom is 0.418 e. The van der Waals surface area contributed by atoms with E-state index >= 15 is 0 Å². The third kappa shape index (κ3) is 4.01. The first-order valence-corrected chi connectivity index (χ1v) is 8.11. The van der Waals surface area contributed by atoms with Crippen LogP contribution in [0.2, 0.25) is 0 Å². The summed E-state index contributed by atoms with van der Waals surface area (Å²) in [7, 11) is 0. The molecule has 0 aliphatic rings. The van der Waals surface area contributed by atoms with Crippen LogP contribution in [-0.4, -0.2) is 22.6 Å². The fourth-order valence-electron chi connectivity index (χ4n) is 3.26. The van der Waals surface area contributed by atoms with Crippen LogP contribution in [0, 0.1) is 0 Å². The number of anilines is 2. The third-order valence-electron chi connectivity index (χ3n) is 4.66. The summed E-state index contributed by atoms with van der Waals surface area (Å²) in [5, 5.41) is 18.9. The second-order valence-corrected chi connectivity index (χ2v) is 6.62. The van der Waals surface area contributed by atoms with Gasteiger partial charge in [0.2, 0.25) is 5.41 Å². The Balaban J connectivity index is 3.27. The minimum atomic E-state index is -6.78. The lowest BCUT2D eigenvalue weighted by Gasteiger charge is -2.40. The fourth-order valence-corrected chi connectivity index (χ4v) is 3.26. The minimum absolute atomic E-state index is 0.0199. The van der Waals surface area contributed by atoms with Crippen molar-refractivity contribution in [2.45, 2.75) is 30.1 Å². The van der Waals surface area contributed by atoms with E-state index in [2.05, 4.69) is 0 Å². The van der Waals surface area contributed by atoms with Gasteiger partial charge in [-0.05, 0) is 29.3 Å². The van der Waals surface area contributed by atoms with Gasteiger partial charge in [0, 0.05) is 0 Å². The van der Waals surface area contributed by atoms with E-state index in [9.17, 15) is 62.9 Å². The predicted octanol–water partition coefficient (Wildman–Crippen LogP) is 5.71. The second-order valence-electron chi connectivity index (χ2n) is 6.62. The number of phenolic OH excluding ortho intramolecular Hbond substituents is 2. The van der Waals surface area contributed by atoms with Crippen LogP contribution in [0.3, 0.4) is 0 Å². The summed E-state index contributed by atoms with van der Waals surface area (Å²) in [5.74, 6) is -3.45. The Hall–Kier alpha value is -3.20. The molecular formula is C17H10F12N2O2. The Kier molecular flexibility index (Phi) is 5.85. The van der Waals surface area contributed by atoms with E-state index in [1.807, 2.05) is 0 Å². The summed E-state index contributed by atoms with van der Waals surface area (Å²) in [6.07, 6.45) is -25.3. The molecule has 0 bridgehead atoms. The maximum absolute atomic E-state index is 14.1. The number of halogens is 12. The van der Waals surface area contributed by atoms with Crippen LogP contribution in [0.4, 0.5) is 64.1 Å². The van der Waals surface area contributed by atoms with Crippen LogP contribution in [0.25, 0.3) is 0 Å². The van der Waals surface area contributed by atoms with Gasteiger partial charge in [0.05, 0.1) is 22.5 Å². The molecule has 0 aromatic heterocycles. The summed E-state index contributed by atoms with van der Waals surface area (Å²) >= 11 is 0.